The van der Waals surface area contributed by atoms with Gasteiger partial charge in [0.1, 0.15) is 12.4 Å². The number of rotatable bonds is 9. The Kier molecular flexibility index (Phi) is 6.70. The van der Waals surface area contributed by atoms with Gasteiger partial charge in [-0.1, -0.05) is 18.2 Å². The first-order chi connectivity index (χ1) is 8.58. The lowest BCUT2D eigenvalue weighted by Gasteiger charge is -2.06. The summed E-state index contributed by atoms with van der Waals surface area (Å²) in [6, 6.07) is 9.50. The Balaban J connectivity index is 1.93. The van der Waals surface area contributed by atoms with Gasteiger partial charge in [-0.05, 0) is 25.0 Å². The zero-order valence-corrected chi connectivity index (χ0v) is 11.1. The fourth-order valence-corrected chi connectivity index (χ4v) is 1.95. The Labute approximate surface area is 108 Å². The normalized spacial score (nSPS) is 11.4. The molecule has 0 amide bonds. The molecule has 0 atom stereocenters. The summed E-state index contributed by atoms with van der Waals surface area (Å²) >= 11 is 0. The summed E-state index contributed by atoms with van der Waals surface area (Å²) in [7, 11) is -3.34. The van der Waals surface area contributed by atoms with Crippen LogP contribution in [0, 0.1) is 0 Å². The van der Waals surface area contributed by atoms with Crippen molar-refractivity contribution in [2.24, 2.45) is 5.14 Å². The van der Waals surface area contributed by atoms with Crippen molar-refractivity contribution in [3.8, 4) is 5.75 Å². The number of ether oxygens (including phenoxy) is 2. The lowest BCUT2D eigenvalue weighted by atomic mass is 10.3. The summed E-state index contributed by atoms with van der Waals surface area (Å²) in [6.45, 7) is 1.50. The van der Waals surface area contributed by atoms with E-state index in [1.807, 2.05) is 30.3 Å². The fraction of sp³-hybridized carbons (Fsp3) is 0.500. The topological polar surface area (TPSA) is 78.6 Å². The van der Waals surface area contributed by atoms with Crippen molar-refractivity contribution >= 4 is 10.0 Å². The molecule has 0 radical (unpaired) electrons. The van der Waals surface area contributed by atoms with Crippen LogP contribution in [0.2, 0.25) is 0 Å². The number of hydrogen-bond acceptors (Lipinski definition) is 4. The van der Waals surface area contributed by atoms with Crippen LogP contribution in [0.5, 0.6) is 5.75 Å². The van der Waals surface area contributed by atoms with Crippen LogP contribution < -0.4 is 9.88 Å². The van der Waals surface area contributed by atoms with E-state index in [2.05, 4.69) is 0 Å². The van der Waals surface area contributed by atoms with E-state index < -0.39 is 10.0 Å². The minimum atomic E-state index is -3.34. The Morgan fingerprint density at radius 1 is 1.00 bits per heavy atom. The van der Waals surface area contributed by atoms with Gasteiger partial charge in [0, 0.05) is 6.61 Å². The van der Waals surface area contributed by atoms with Gasteiger partial charge in [0.2, 0.25) is 10.0 Å². The molecule has 0 unspecified atom stereocenters. The summed E-state index contributed by atoms with van der Waals surface area (Å²) in [4.78, 5) is 0. The molecule has 0 bridgehead atoms. The number of nitrogens with two attached hydrogens (primary N) is 1. The maximum absolute atomic E-state index is 10.6. The van der Waals surface area contributed by atoms with Crippen LogP contribution in [0.4, 0.5) is 0 Å². The predicted octanol–water partition coefficient (Wildman–Crippen LogP) is 1.15. The first kappa shape index (κ1) is 14.9. The Morgan fingerprint density at radius 2 is 1.72 bits per heavy atom. The second-order valence-electron chi connectivity index (χ2n) is 3.85. The average molecular weight is 273 g/mol. The highest BCUT2D eigenvalue weighted by atomic mass is 32.2. The van der Waals surface area contributed by atoms with Crippen LogP contribution in [0.15, 0.2) is 30.3 Å². The van der Waals surface area contributed by atoms with Crippen LogP contribution in [0.1, 0.15) is 12.8 Å². The summed E-state index contributed by atoms with van der Waals surface area (Å²) in [5.74, 6) is 0.826. The zero-order chi connectivity index (χ0) is 13.3. The molecule has 0 saturated heterocycles. The lowest BCUT2D eigenvalue weighted by molar-refractivity contribution is 0.0981. The van der Waals surface area contributed by atoms with Crippen LogP contribution >= 0.6 is 0 Å². The van der Waals surface area contributed by atoms with Crippen molar-refractivity contribution < 1.29 is 17.9 Å². The molecular weight excluding hydrogens is 254 g/mol. The first-order valence-corrected chi connectivity index (χ1v) is 7.55. The number of sulfonamides is 1. The molecule has 0 fully saturated rings. The van der Waals surface area contributed by atoms with E-state index in [0.29, 0.717) is 32.7 Å². The predicted molar refractivity (Wildman–Crippen MR) is 70.0 cm³/mol. The number of unbranched alkanes of at least 4 members (excludes halogenated alkanes) is 1. The van der Waals surface area contributed by atoms with Crippen LogP contribution in [0.25, 0.3) is 0 Å². The molecule has 0 saturated carbocycles. The molecule has 102 valence electrons. The van der Waals surface area contributed by atoms with Crippen molar-refractivity contribution in [3.05, 3.63) is 30.3 Å². The smallest absolute Gasteiger partial charge is 0.209 e. The Hall–Kier alpha value is -1.11. The summed E-state index contributed by atoms with van der Waals surface area (Å²) in [5.41, 5.74) is 0. The van der Waals surface area contributed by atoms with E-state index in [4.69, 9.17) is 14.6 Å². The summed E-state index contributed by atoms with van der Waals surface area (Å²) in [6.07, 6.45) is 1.21. The molecule has 5 nitrogen and oxygen atoms in total. The SMILES string of the molecule is NS(=O)(=O)CCCCOCCOc1ccccc1. The van der Waals surface area contributed by atoms with E-state index in [9.17, 15) is 8.42 Å². The van der Waals surface area contributed by atoms with E-state index in [1.54, 1.807) is 0 Å². The quantitative estimate of drug-likeness (QED) is 0.685. The molecule has 1 rings (SSSR count). The molecule has 0 aliphatic carbocycles. The maximum atomic E-state index is 10.6. The molecule has 0 aromatic heterocycles. The van der Waals surface area contributed by atoms with Gasteiger partial charge in [0.25, 0.3) is 0 Å². The largest absolute Gasteiger partial charge is 0.491 e. The summed E-state index contributed by atoms with van der Waals surface area (Å²) in [5, 5.41) is 4.87. The molecule has 6 heteroatoms. The molecule has 1 aromatic rings. The second kappa shape index (κ2) is 8.07. The van der Waals surface area contributed by atoms with Crippen molar-refractivity contribution in [3.63, 3.8) is 0 Å². The van der Waals surface area contributed by atoms with E-state index >= 15 is 0 Å². The average Bonchev–Trinajstić information content (AvgIpc) is 2.32. The first-order valence-electron chi connectivity index (χ1n) is 5.84. The van der Waals surface area contributed by atoms with Crippen LogP contribution in [0.3, 0.4) is 0 Å². The van der Waals surface area contributed by atoms with Gasteiger partial charge >= 0.3 is 0 Å². The Morgan fingerprint density at radius 3 is 2.39 bits per heavy atom. The van der Waals surface area contributed by atoms with Gasteiger partial charge in [0.15, 0.2) is 0 Å². The third-order valence-electron chi connectivity index (χ3n) is 2.21. The van der Waals surface area contributed by atoms with E-state index in [-0.39, 0.29) is 5.75 Å². The molecular formula is C12H19NO4S. The molecule has 18 heavy (non-hydrogen) atoms. The van der Waals surface area contributed by atoms with Crippen molar-refractivity contribution in [2.75, 3.05) is 25.6 Å². The van der Waals surface area contributed by atoms with Crippen LogP contribution in [-0.2, 0) is 14.8 Å². The standard InChI is InChI=1S/C12H19NO4S/c13-18(14,15)11-5-4-8-16-9-10-17-12-6-2-1-3-7-12/h1-3,6-7H,4-5,8-11H2,(H2,13,14,15). The van der Waals surface area contributed by atoms with Gasteiger partial charge < -0.3 is 9.47 Å². The van der Waals surface area contributed by atoms with Gasteiger partial charge in [0.05, 0.1) is 12.4 Å². The lowest BCUT2D eigenvalue weighted by Crippen LogP contribution is -2.16. The van der Waals surface area contributed by atoms with Gasteiger partial charge in [-0.3, -0.25) is 0 Å². The van der Waals surface area contributed by atoms with E-state index in [0.717, 1.165) is 5.75 Å². The third-order valence-corrected chi connectivity index (χ3v) is 3.06. The van der Waals surface area contributed by atoms with Crippen molar-refractivity contribution in [1.82, 2.24) is 0 Å². The summed E-state index contributed by atoms with van der Waals surface area (Å²) < 4.78 is 32.0. The van der Waals surface area contributed by atoms with Gasteiger partial charge in [-0.15, -0.1) is 0 Å². The van der Waals surface area contributed by atoms with Crippen molar-refractivity contribution in [2.45, 2.75) is 12.8 Å². The Bertz CT molecular complexity index is 419. The zero-order valence-electron chi connectivity index (χ0n) is 10.2. The number of para-hydroxylation sites is 1. The molecule has 0 aliphatic rings. The highest BCUT2D eigenvalue weighted by Crippen LogP contribution is 2.07. The molecule has 2 N–H and O–H groups in total. The second-order valence-corrected chi connectivity index (χ2v) is 5.58. The van der Waals surface area contributed by atoms with Crippen LogP contribution in [-0.4, -0.2) is 34.0 Å². The fourth-order valence-electron chi connectivity index (χ4n) is 1.34. The highest BCUT2D eigenvalue weighted by Gasteiger charge is 2.01. The van der Waals surface area contributed by atoms with Crippen molar-refractivity contribution in [1.29, 1.82) is 0 Å². The molecule has 1 aromatic carbocycles. The monoisotopic (exact) mass is 273 g/mol. The van der Waals surface area contributed by atoms with Gasteiger partial charge in [-0.2, -0.15) is 0 Å². The number of primary sulfonamides is 1. The number of hydrogen-bond donors (Lipinski definition) is 1. The number of benzene rings is 1. The molecule has 0 heterocycles. The maximum Gasteiger partial charge on any atom is 0.209 e. The van der Waals surface area contributed by atoms with Gasteiger partial charge in [-0.25, -0.2) is 13.6 Å². The molecule has 0 aliphatic heterocycles. The van der Waals surface area contributed by atoms with E-state index in [1.165, 1.54) is 0 Å². The third kappa shape index (κ3) is 8.05. The highest BCUT2D eigenvalue weighted by molar-refractivity contribution is 7.89. The molecule has 0 spiro atoms. The minimum absolute atomic E-state index is 0.0108. The minimum Gasteiger partial charge on any atom is -0.491 e.